The van der Waals surface area contributed by atoms with Crippen molar-refractivity contribution in [3.8, 4) is 0 Å². The summed E-state index contributed by atoms with van der Waals surface area (Å²) in [5.74, 6) is 0. The van der Waals surface area contributed by atoms with Crippen molar-refractivity contribution in [2.24, 2.45) is 11.5 Å². The lowest BCUT2D eigenvalue weighted by Crippen LogP contribution is -2.14. The number of unbranched alkanes of at least 4 members (excludes halogenated alkanes) is 2. The average molecular weight is 360 g/mol. The molecule has 0 unspecified atom stereocenters. The summed E-state index contributed by atoms with van der Waals surface area (Å²) in [4.78, 5) is 18.7. The van der Waals surface area contributed by atoms with Crippen molar-refractivity contribution in [3.05, 3.63) is 21.1 Å². The van der Waals surface area contributed by atoms with Gasteiger partial charge in [-0.15, -0.1) is 0 Å². The van der Waals surface area contributed by atoms with Crippen molar-refractivity contribution >= 4 is 24.6 Å². The number of allylic oxidation sites excluding steroid dienone is 3. The van der Waals surface area contributed by atoms with Gasteiger partial charge >= 0.3 is 0 Å². The molecule has 0 heterocycles. The zero-order valence-electron chi connectivity index (χ0n) is 16.3. The molecule has 0 aliphatic carbocycles. The van der Waals surface area contributed by atoms with Crippen LogP contribution in [-0.2, 0) is 9.59 Å². The Bertz CT molecular complexity index is 366. The molecule has 6 heteroatoms. The van der Waals surface area contributed by atoms with Gasteiger partial charge in [-0.2, -0.15) is 0 Å². The Hall–Kier alpha value is -1.43. The molecule has 142 valence electrons. The summed E-state index contributed by atoms with van der Waals surface area (Å²) >= 11 is 1.94. The van der Waals surface area contributed by atoms with Crippen LogP contribution in [0.4, 0.5) is 0 Å². The molecule has 24 heavy (non-hydrogen) atoms. The Kier molecular flexibility index (Phi) is 24.6. The summed E-state index contributed by atoms with van der Waals surface area (Å²) < 4.78 is 0. The van der Waals surface area contributed by atoms with Crippen LogP contribution in [-0.4, -0.2) is 19.4 Å². The minimum atomic E-state index is 0.250. The molecule has 5 nitrogen and oxygen atoms in total. The van der Waals surface area contributed by atoms with Crippen LogP contribution < -0.4 is 16.8 Å². The second-order valence-electron chi connectivity index (χ2n) is 5.51. The van der Waals surface area contributed by atoms with E-state index < -0.39 is 0 Å². The minimum Gasteiger partial charge on any atom is -0.380 e. The third-order valence-corrected chi connectivity index (χ3v) is 4.43. The SMILES string of the molecule is CCCCNC(SC(CCCC)=C(C)C)=C(C)C.NC=O.NC=O. The molecule has 0 aliphatic heterocycles. The van der Waals surface area contributed by atoms with Gasteiger partial charge in [0.05, 0.1) is 5.03 Å². The van der Waals surface area contributed by atoms with Gasteiger partial charge in [0.25, 0.3) is 0 Å². The fourth-order valence-electron chi connectivity index (χ4n) is 1.56. The molecule has 0 spiro atoms. The van der Waals surface area contributed by atoms with Crippen molar-refractivity contribution in [1.82, 2.24) is 5.32 Å². The number of primary amides is 2. The van der Waals surface area contributed by atoms with Crippen LogP contribution in [0.1, 0.15) is 73.6 Å². The van der Waals surface area contributed by atoms with Gasteiger partial charge in [-0.1, -0.05) is 44.0 Å². The lowest BCUT2D eigenvalue weighted by Gasteiger charge is -2.16. The van der Waals surface area contributed by atoms with E-state index in [1.807, 2.05) is 11.8 Å². The largest absolute Gasteiger partial charge is 0.380 e. The molecule has 0 atom stereocenters. The number of rotatable bonds is 9. The van der Waals surface area contributed by atoms with Crippen LogP contribution in [0.25, 0.3) is 0 Å². The van der Waals surface area contributed by atoms with Crippen molar-refractivity contribution in [3.63, 3.8) is 0 Å². The predicted octanol–water partition coefficient (Wildman–Crippen LogP) is 4.05. The van der Waals surface area contributed by atoms with Crippen molar-refractivity contribution in [1.29, 1.82) is 0 Å². The summed E-state index contributed by atoms with van der Waals surface area (Å²) in [6.45, 7) is 14.4. The van der Waals surface area contributed by atoms with Crippen LogP contribution in [0.3, 0.4) is 0 Å². The number of carbonyl (C=O) groups excluding carboxylic acids is 2. The van der Waals surface area contributed by atoms with Gasteiger partial charge in [-0.3, -0.25) is 9.59 Å². The Morgan fingerprint density at radius 1 is 0.917 bits per heavy atom. The molecule has 0 saturated heterocycles. The molecule has 5 N–H and O–H groups in total. The van der Waals surface area contributed by atoms with Gasteiger partial charge in [0, 0.05) is 6.54 Å². The first kappa shape index (κ1) is 27.4. The maximum atomic E-state index is 8.58. The third-order valence-electron chi connectivity index (χ3n) is 2.81. The van der Waals surface area contributed by atoms with Crippen LogP contribution in [0.15, 0.2) is 21.1 Å². The summed E-state index contributed by atoms with van der Waals surface area (Å²) in [6, 6.07) is 0. The third kappa shape index (κ3) is 20.6. The van der Waals surface area contributed by atoms with Gasteiger partial charge in [0.15, 0.2) is 0 Å². The lowest BCUT2D eigenvalue weighted by atomic mass is 10.2. The molecule has 0 rings (SSSR count). The van der Waals surface area contributed by atoms with Gasteiger partial charge in [-0.05, 0) is 57.4 Å². The first-order chi connectivity index (χ1) is 11.4. The van der Waals surface area contributed by atoms with E-state index in [-0.39, 0.29) is 12.8 Å². The zero-order chi connectivity index (χ0) is 19.4. The number of hydrogen-bond donors (Lipinski definition) is 3. The second kappa shape index (κ2) is 21.6. The number of hydrogen-bond acceptors (Lipinski definition) is 4. The minimum absolute atomic E-state index is 0.250. The summed E-state index contributed by atoms with van der Waals surface area (Å²) in [5.41, 5.74) is 11.2. The van der Waals surface area contributed by atoms with Gasteiger partial charge in [0.2, 0.25) is 12.8 Å². The summed E-state index contributed by atoms with van der Waals surface area (Å²) in [6.07, 6.45) is 6.77. The van der Waals surface area contributed by atoms with Crippen molar-refractivity contribution < 1.29 is 9.59 Å². The van der Waals surface area contributed by atoms with Crippen molar-refractivity contribution in [2.75, 3.05) is 6.54 Å². The molecule has 0 aromatic carbocycles. The molecule has 0 aromatic heterocycles. The zero-order valence-corrected chi connectivity index (χ0v) is 17.1. The number of amides is 2. The van der Waals surface area contributed by atoms with E-state index in [9.17, 15) is 0 Å². The monoisotopic (exact) mass is 359 g/mol. The molecule has 0 aromatic rings. The predicted molar refractivity (Wildman–Crippen MR) is 107 cm³/mol. The van der Waals surface area contributed by atoms with E-state index in [0.29, 0.717) is 0 Å². The highest BCUT2D eigenvalue weighted by Crippen LogP contribution is 2.32. The van der Waals surface area contributed by atoms with Crippen LogP contribution in [0.2, 0.25) is 0 Å². The average Bonchev–Trinajstić information content (AvgIpc) is 2.50. The Morgan fingerprint density at radius 3 is 1.71 bits per heavy atom. The van der Waals surface area contributed by atoms with E-state index in [1.165, 1.54) is 53.2 Å². The van der Waals surface area contributed by atoms with E-state index in [0.717, 1.165) is 6.54 Å². The van der Waals surface area contributed by atoms with Gasteiger partial charge < -0.3 is 16.8 Å². The highest BCUT2D eigenvalue weighted by Gasteiger charge is 2.06. The molecular formula is C18H37N3O2S. The highest BCUT2D eigenvalue weighted by atomic mass is 32.2. The van der Waals surface area contributed by atoms with Crippen molar-refractivity contribution in [2.45, 2.75) is 73.6 Å². The first-order valence-electron chi connectivity index (χ1n) is 8.42. The maximum absolute atomic E-state index is 8.58. The van der Waals surface area contributed by atoms with Gasteiger partial charge in [-0.25, -0.2) is 0 Å². The van der Waals surface area contributed by atoms with E-state index in [4.69, 9.17) is 9.59 Å². The number of nitrogens with one attached hydrogen (secondary N) is 1. The number of nitrogens with two attached hydrogens (primary N) is 2. The summed E-state index contributed by atoms with van der Waals surface area (Å²) in [5, 5.41) is 4.95. The van der Waals surface area contributed by atoms with Crippen LogP contribution >= 0.6 is 11.8 Å². The Balaban J connectivity index is -0.000000635. The molecule has 0 saturated carbocycles. The van der Waals surface area contributed by atoms with Crippen LogP contribution in [0.5, 0.6) is 0 Å². The topological polar surface area (TPSA) is 98.2 Å². The molecule has 2 amide bonds. The van der Waals surface area contributed by atoms with Crippen LogP contribution in [0, 0.1) is 0 Å². The molecule has 0 radical (unpaired) electrons. The van der Waals surface area contributed by atoms with E-state index in [1.54, 1.807) is 0 Å². The fourth-order valence-corrected chi connectivity index (χ4v) is 2.63. The number of carbonyl (C=O) groups is 2. The highest BCUT2D eigenvalue weighted by molar-refractivity contribution is 8.06. The van der Waals surface area contributed by atoms with E-state index in [2.05, 4.69) is 58.3 Å². The first-order valence-corrected chi connectivity index (χ1v) is 9.23. The normalized spacial score (nSPS) is 8.58. The molecular weight excluding hydrogens is 322 g/mol. The smallest absolute Gasteiger partial charge is 0.204 e. The second-order valence-corrected chi connectivity index (χ2v) is 6.62. The Labute approximate surface area is 152 Å². The summed E-state index contributed by atoms with van der Waals surface area (Å²) in [7, 11) is 0. The fraction of sp³-hybridized carbons (Fsp3) is 0.667. The Morgan fingerprint density at radius 2 is 1.38 bits per heavy atom. The maximum Gasteiger partial charge on any atom is 0.204 e. The quantitative estimate of drug-likeness (QED) is 0.427. The van der Waals surface area contributed by atoms with Gasteiger partial charge in [0.1, 0.15) is 0 Å². The standard InChI is InChI=1S/C16H31NS.2CH3NO/c1-7-9-11-15(13(3)4)18-16(14(5)6)17-12-10-8-2;2*2-1-3/h17H,7-12H2,1-6H3;2*1H,(H2,2,3). The number of thioether (sulfide) groups is 1. The molecule has 0 aliphatic rings. The molecule has 0 bridgehead atoms. The van der Waals surface area contributed by atoms with E-state index >= 15 is 0 Å². The lowest BCUT2D eigenvalue weighted by molar-refractivity contribution is -0.107. The molecule has 0 fully saturated rings.